The molecule has 1 aliphatic carbocycles. The first kappa shape index (κ1) is 21.1. The highest BCUT2D eigenvalue weighted by molar-refractivity contribution is 5.57. The van der Waals surface area contributed by atoms with Crippen LogP contribution in [0.4, 0.5) is 0 Å². The van der Waals surface area contributed by atoms with Crippen LogP contribution in [0.3, 0.4) is 0 Å². The molecule has 2 aromatic carbocycles. The van der Waals surface area contributed by atoms with E-state index in [9.17, 15) is 0 Å². The number of hydrogen-bond acceptors (Lipinski definition) is 5. The molecular weight excluding hydrogens is 368 g/mol. The lowest BCUT2D eigenvalue weighted by Gasteiger charge is -2.29. The van der Waals surface area contributed by atoms with Gasteiger partial charge in [0.1, 0.15) is 5.75 Å². The van der Waals surface area contributed by atoms with Gasteiger partial charge >= 0.3 is 0 Å². The molecule has 0 bridgehead atoms. The predicted molar refractivity (Wildman–Crippen MR) is 114 cm³/mol. The van der Waals surface area contributed by atoms with Gasteiger partial charge in [0.15, 0.2) is 18.3 Å². The van der Waals surface area contributed by atoms with Gasteiger partial charge in [0, 0.05) is 5.56 Å². The molecule has 156 valence electrons. The molecular formula is C24H30O5. The van der Waals surface area contributed by atoms with Crippen LogP contribution < -0.4 is 18.9 Å². The monoisotopic (exact) mass is 398 g/mol. The summed E-state index contributed by atoms with van der Waals surface area (Å²) in [4.78, 5) is 0. The van der Waals surface area contributed by atoms with Crippen LogP contribution in [0.15, 0.2) is 42.5 Å². The van der Waals surface area contributed by atoms with Crippen LogP contribution in [0.5, 0.6) is 23.0 Å². The fourth-order valence-corrected chi connectivity index (χ4v) is 4.07. The fraction of sp³-hybridized carbons (Fsp3) is 0.417. The highest BCUT2D eigenvalue weighted by atomic mass is 16.6. The minimum absolute atomic E-state index is 0.302. The summed E-state index contributed by atoms with van der Waals surface area (Å²) in [6.07, 6.45) is 9.00. The standard InChI is InChI=1S/C24H30O5/c1-26-22-15-14-21(23(27-2)24(22)28-3)19-10-6-17(7-11-19)4-5-18-8-12-20(13-9-18)29-16-25/h4-5,8-9,12-15,17,19,25H,6-7,10-11,16H2,1-3H3/b5-4+. The molecule has 0 amide bonds. The van der Waals surface area contributed by atoms with Crippen molar-refractivity contribution in [1.29, 1.82) is 0 Å². The van der Waals surface area contributed by atoms with Crippen LogP contribution >= 0.6 is 0 Å². The maximum atomic E-state index is 8.80. The molecule has 0 unspecified atom stereocenters. The smallest absolute Gasteiger partial charge is 0.203 e. The van der Waals surface area contributed by atoms with Gasteiger partial charge < -0.3 is 24.1 Å². The van der Waals surface area contributed by atoms with E-state index in [4.69, 9.17) is 24.1 Å². The molecule has 3 rings (SSSR count). The summed E-state index contributed by atoms with van der Waals surface area (Å²) in [5.41, 5.74) is 2.34. The van der Waals surface area contributed by atoms with Crippen molar-refractivity contribution < 1.29 is 24.1 Å². The Balaban J connectivity index is 1.63. The summed E-state index contributed by atoms with van der Waals surface area (Å²) in [5.74, 6) is 3.86. The minimum Gasteiger partial charge on any atom is -0.493 e. The van der Waals surface area contributed by atoms with E-state index in [1.54, 1.807) is 21.3 Å². The highest BCUT2D eigenvalue weighted by Gasteiger charge is 2.26. The van der Waals surface area contributed by atoms with Crippen molar-refractivity contribution in [2.45, 2.75) is 31.6 Å². The first-order valence-corrected chi connectivity index (χ1v) is 10.0. The Labute approximate surface area is 172 Å². The van der Waals surface area contributed by atoms with Crippen LogP contribution in [-0.2, 0) is 0 Å². The average molecular weight is 398 g/mol. The summed E-state index contributed by atoms with van der Waals surface area (Å²) >= 11 is 0. The van der Waals surface area contributed by atoms with Crippen molar-refractivity contribution in [1.82, 2.24) is 0 Å². The molecule has 1 N–H and O–H groups in total. The Bertz CT molecular complexity index is 805. The number of hydrogen-bond donors (Lipinski definition) is 1. The van der Waals surface area contributed by atoms with Gasteiger partial charge in [-0.15, -0.1) is 0 Å². The molecule has 0 radical (unpaired) electrons. The molecule has 0 atom stereocenters. The van der Waals surface area contributed by atoms with E-state index < -0.39 is 0 Å². The second-order valence-corrected chi connectivity index (χ2v) is 7.24. The molecule has 5 nitrogen and oxygen atoms in total. The zero-order chi connectivity index (χ0) is 20.6. The molecule has 0 aromatic heterocycles. The Hall–Kier alpha value is -2.66. The third-order valence-electron chi connectivity index (χ3n) is 5.62. The van der Waals surface area contributed by atoms with Crippen molar-refractivity contribution in [3.63, 3.8) is 0 Å². The van der Waals surface area contributed by atoms with E-state index in [1.165, 1.54) is 5.56 Å². The number of methoxy groups -OCH3 is 3. The van der Waals surface area contributed by atoms with Gasteiger partial charge in [-0.3, -0.25) is 0 Å². The lowest BCUT2D eigenvalue weighted by Crippen LogP contribution is -2.13. The number of benzene rings is 2. The van der Waals surface area contributed by atoms with Gasteiger partial charge in [-0.25, -0.2) is 0 Å². The topological polar surface area (TPSA) is 57.2 Å². The summed E-state index contributed by atoms with van der Waals surface area (Å²) < 4.78 is 21.7. The molecule has 29 heavy (non-hydrogen) atoms. The molecule has 0 aliphatic heterocycles. The van der Waals surface area contributed by atoms with E-state index in [2.05, 4.69) is 18.2 Å². The highest BCUT2D eigenvalue weighted by Crippen LogP contribution is 2.46. The van der Waals surface area contributed by atoms with E-state index >= 15 is 0 Å². The third-order valence-corrected chi connectivity index (χ3v) is 5.62. The Morgan fingerprint density at radius 1 is 0.862 bits per heavy atom. The second-order valence-electron chi connectivity index (χ2n) is 7.24. The number of aliphatic hydroxyl groups is 1. The van der Waals surface area contributed by atoms with E-state index in [0.717, 1.165) is 37.0 Å². The van der Waals surface area contributed by atoms with Gasteiger partial charge in [-0.05, 0) is 61.3 Å². The number of aliphatic hydroxyl groups excluding tert-OH is 1. The van der Waals surface area contributed by atoms with Crippen molar-refractivity contribution in [2.75, 3.05) is 28.1 Å². The van der Waals surface area contributed by atoms with E-state index in [-0.39, 0.29) is 6.79 Å². The summed E-state index contributed by atoms with van der Waals surface area (Å²) in [5, 5.41) is 8.80. The quantitative estimate of drug-likeness (QED) is 0.632. The Kier molecular flexibility index (Phi) is 7.42. The van der Waals surface area contributed by atoms with E-state index in [0.29, 0.717) is 29.1 Å². The minimum atomic E-state index is -0.302. The lowest BCUT2D eigenvalue weighted by molar-refractivity contribution is 0.0985. The van der Waals surface area contributed by atoms with Gasteiger partial charge in [0.25, 0.3) is 0 Å². The first-order valence-electron chi connectivity index (χ1n) is 10.0. The van der Waals surface area contributed by atoms with Gasteiger partial charge in [-0.1, -0.05) is 30.4 Å². The number of ether oxygens (including phenoxy) is 4. The van der Waals surface area contributed by atoms with Gasteiger partial charge in [0.05, 0.1) is 21.3 Å². The summed E-state index contributed by atoms with van der Waals surface area (Å²) in [7, 11) is 4.97. The average Bonchev–Trinajstić information content (AvgIpc) is 2.78. The van der Waals surface area contributed by atoms with Crippen LogP contribution in [0.2, 0.25) is 0 Å². The first-order chi connectivity index (χ1) is 14.2. The van der Waals surface area contributed by atoms with Crippen molar-refractivity contribution in [3.05, 3.63) is 53.6 Å². The molecule has 1 aliphatic rings. The van der Waals surface area contributed by atoms with Crippen molar-refractivity contribution >= 4 is 6.08 Å². The third kappa shape index (κ3) is 5.04. The Morgan fingerprint density at radius 2 is 1.55 bits per heavy atom. The van der Waals surface area contributed by atoms with Crippen molar-refractivity contribution in [2.24, 2.45) is 5.92 Å². The molecule has 5 heteroatoms. The normalized spacial score (nSPS) is 19.2. The molecule has 0 spiro atoms. The number of allylic oxidation sites excluding steroid dienone is 1. The fourth-order valence-electron chi connectivity index (χ4n) is 4.07. The van der Waals surface area contributed by atoms with E-state index in [1.807, 2.05) is 30.3 Å². The van der Waals surface area contributed by atoms with Gasteiger partial charge in [0.2, 0.25) is 5.75 Å². The van der Waals surface area contributed by atoms with Crippen LogP contribution in [-0.4, -0.2) is 33.2 Å². The van der Waals surface area contributed by atoms with Gasteiger partial charge in [-0.2, -0.15) is 0 Å². The predicted octanol–water partition coefficient (Wildman–Crippen LogP) is 5.03. The van der Waals surface area contributed by atoms with Crippen LogP contribution in [0.25, 0.3) is 6.08 Å². The molecule has 0 saturated heterocycles. The SMILES string of the molecule is COc1ccc(C2CCC(/C=C/c3ccc(OCO)cc3)CC2)c(OC)c1OC. The lowest BCUT2D eigenvalue weighted by atomic mass is 9.78. The summed E-state index contributed by atoms with van der Waals surface area (Å²) in [6, 6.07) is 11.8. The summed E-state index contributed by atoms with van der Waals surface area (Å²) in [6.45, 7) is -0.302. The molecule has 1 saturated carbocycles. The Morgan fingerprint density at radius 3 is 2.14 bits per heavy atom. The molecule has 2 aromatic rings. The largest absolute Gasteiger partial charge is 0.493 e. The second kappa shape index (κ2) is 10.2. The molecule has 0 heterocycles. The molecule has 1 fully saturated rings. The van der Waals surface area contributed by atoms with Crippen molar-refractivity contribution in [3.8, 4) is 23.0 Å². The zero-order valence-electron chi connectivity index (χ0n) is 17.4. The number of rotatable bonds is 8. The zero-order valence-corrected chi connectivity index (χ0v) is 17.4. The van der Waals surface area contributed by atoms with Crippen LogP contribution in [0, 0.1) is 5.92 Å². The van der Waals surface area contributed by atoms with Crippen LogP contribution in [0.1, 0.15) is 42.7 Å². The maximum absolute atomic E-state index is 8.80. The maximum Gasteiger partial charge on any atom is 0.203 e.